The van der Waals surface area contributed by atoms with Gasteiger partial charge in [0.15, 0.2) is 17.7 Å². The second-order valence-corrected chi connectivity index (χ2v) is 30.8. The zero-order valence-corrected chi connectivity index (χ0v) is 37.4. The van der Waals surface area contributed by atoms with E-state index in [0.717, 1.165) is 29.0 Å². The SMILES string of the molecule is CC(C)(COP(=O)(O)OP(=O)(O)OCC1OC(n2cnc3c(N)ncnc32)C(O)C1OP(=O)(O)O)C(O)C(=O)NCCC(=O)NCCSC(=O)C(N)CS[As](C)(C)=O. The number of phosphoric ester groups is 3. The van der Waals surface area contributed by atoms with Gasteiger partial charge in [0.25, 0.3) is 0 Å². The van der Waals surface area contributed by atoms with Crippen molar-refractivity contribution in [2.45, 2.75) is 68.4 Å². The first-order valence-corrected chi connectivity index (χ1v) is 29.9. The van der Waals surface area contributed by atoms with Crippen molar-refractivity contribution < 1.29 is 84.2 Å². The molecule has 58 heavy (non-hydrogen) atoms. The number of ether oxygens (including phenoxy) is 1. The first-order valence-electron chi connectivity index (χ1n) is 16.6. The number of amides is 2. The predicted octanol–water partition coefficient (Wildman–Crippen LogP) is -1.14. The number of rotatable bonds is 23. The molecule has 0 bridgehead atoms. The summed E-state index contributed by atoms with van der Waals surface area (Å²) in [5.74, 6) is -1.11. The molecule has 8 atom stereocenters. The molecular formula is C26H46AsN8O18P3S2. The molecule has 26 nitrogen and oxygen atoms in total. The Kier molecular flexibility index (Phi) is 18.2. The number of nitrogens with two attached hydrogens (primary N) is 2. The van der Waals surface area contributed by atoms with Gasteiger partial charge < -0.3 is 40.3 Å². The van der Waals surface area contributed by atoms with Crippen LogP contribution in [0.2, 0.25) is 11.4 Å². The third kappa shape index (κ3) is 15.9. The molecule has 2 aromatic heterocycles. The molecule has 0 radical (unpaired) electrons. The number of nitrogens with zero attached hydrogens (tertiary/aromatic N) is 4. The molecular weight excluding hydrogens is 944 g/mol. The average molecular weight is 991 g/mol. The number of anilines is 1. The maximum absolute atomic E-state index is 12.7. The van der Waals surface area contributed by atoms with Crippen LogP contribution in [0.15, 0.2) is 12.7 Å². The molecule has 330 valence electrons. The molecule has 1 fully saturated rings. The van der Waals surface area contributed by atoms with Crippen LogP contribution in [0.5, 0.6) is 0 Å². The van der Waals surface area contributed by atoms with Gasteiger partial charge in [-0.15, -0.1) is 0 Å². The standard InChI is InChI=1S/C26H46AsN8O18P3S2/c1-26(2,20(38)23(39)31-6-5-16(36)30-7-8-57-25(40)14(28)10-58-27(3,4)41)11-50-56(47,48)53-55(45,46)49-9-15-19(52-54(42,43)44)18(37)24(51-15)35-13-34-17-21(29)32-12-33-22(17)35/h12-15,18-20,24,37-38H,5-11,28H2,1-4H3,(H,30,36)(H,31,39)(H,45,46)(H,47,48)(H2,29,32,33)(H2,42,43,44). The van der Waals surface area contributed by atoms with Crippen LogP contribution in [0.4, 0.5) is 5.82 Å². The zero-order chi connectivity index (χ0) is 43.9. The maximum atomic E-state index is 12.7. The molecule has 1 aliphatic rings. The van der Waals surface area contributed by atoms with Gasteiger partial charge in [0.2, 0.25) is 5.91 Å². The Morgan fingerprint density at radius 3 is 2.36 bits per heavy atom. The van der Waals surface area contributed by atoms with Crippen LogP contribution in [0, 0.1) is 5.41 Å². The van der Waals surface area contributed by atoms with Crippen molar-refractivity contribution >= 4 is 91.5 Å². The molecule has 2 aromatic rings. The van der Waals surface area contributed by atoms with Gasteiger partial charge >= 0.3 is 147 Å². The summed E-state index contributed by atoms with van der Waals surface area (Å²) in [5, 5.41) is 26.0. The summed E-state index contributed by atoms with van der Waals surface area (Å²) >= 11 is -2.09. The van der Waals surface area contributed by atoms with E-state index in [2.05, 4.69) is 34.4 Å². The van der Waals surface area contributed by atoms with E-state index in [1.54, 1.807) is 11.4 Å². The van der Waals surface area contributed by atoms with Crippen LogP contribution in [0.1, 0.15) is 26.5 Å². The molecule has 8 unspecified atom stereocenters. The van der Waals surface area contributed by atoms with E-state index in [1.807, 2.05) is 0 Å². The number of phosphoric acid groups is 3. The minimum atomic E-state index is -5.59. The molecule has 0 aromatic carbocycles. The molecule has 3 heterocycles. The van der Waals surface area contributed by atoms with Gasteiger partial charge in [-0.05, 0) is 0 Å². The number of aliphatic hydroxyl groups is 2. The Hall–Kier alpha value is -1.77. The first-order chi connectivity index (χ1) is 26.6. The number of imidazole rings is 1. The van der Waals surface area contributed by atoms with E-state index >= 15 is 0 Å². The number of nitrogen functional groups attached to an aromatic ring is 1. The van der Waals surface area contributed by atoms with Crippen molar-refractivity contribution in [3.05, 3.63) is 12.7 Å². The number of nitrogens with one attached hydrogen (secondary N) is 2. The van der Waals surface area contributed by atoms with Crippen LogP contribution < -0.4 is 22.1 Å². The summed E-state index contributed by atoms with van der Waals surface area (Å²) in [4.78, 5) is 87.8. The number of aromatic nitrogens is 4. The van der Waals surface area contributed by atoms with E-state index in [4.69, 9.17) is 25.3 Å². The van der Waals surface area contributed by atoms with Gasteiger partial charge in [-0.2, -0.15) is 4.31 Å². The topological polar surface area (TPSA) is 407 Å². The van der Waals surface area contributed by atoms with Gasteiger partial charge in [-0.3, -0.25) is 22.9 Å². The van der Waals surface area contributed by atoms with Gasteiger partial charge in [0, 0.05) is 5.41 Å². The third-order valence-corrected chi connectivity index (χ3v) is 17.7. The van der Waals surface area contributed by atoms with E-state index in [0.29, 0.717) is 0 Å². The van der Waals surface area contributed by atoms with Crippen molar-refractivity contribution in [2.75, 3.05) is 43.5 Å². The molecule has 12 N–H and O–H groups in total. The van der Waals surface area contributed by atoms with Gasteiger partial charge in [0.1, 0.15) is 36.3 Å². The second-order valence-electron chi connectivity index (χ2n) is 13.4. The van der Waals surface area contributed by atoms with Crippen molar-refractivity contribution in [1.29, 1.82) is 0 Å². The van der Waals surface area contributed by atoms with Crippen LogP contribution in [-0.4, -0.2) is 147 Å². The summed E-state index contributed by atoms with van der Waals surface area (Å²) in [6.45, 7) is 0.285. The molecule has 2 amide bonds. The second kappa shape index (κ2) is 20.9. The Bertz CT molecular complexity index is 1970. The number of aliphatic hydroxyl groups excluding tert-OH is 2. The summed E-state index contributed by atoms with van der Waals surface area (Å²) in [6, 6.07) is -0.808. The third-order valence-electron chi connectivity index (χ3n) is 7.61. The van der Waals surface area contributed by atoms with Crippen LogP contribution in [-0.2, 0) is 54.4 Å². The van der Waals surface area contributed by atoms with Crippen LogP contribution in [0.3, 0.4) is 0 Å². The minimum absolute atomic E-state index is 0.0229. The van der Waals surface area contributed by atoms with E-state index in [-0.39, 0.29) is 53.1 Å². The summed E-state index contributed by atoms with van der Waals surface area (Å²) in [7, 11) is -15.3. The monoisotopic (exact) mass is 990 g/mol. The van der Waals surface area contributed by atoms with Crippen molar-refractivity contribution in [2.24, 2.45) is 11.1 Å². The fourth-order valence-corrected chi connectivity index (χ4v) is 12.3. The van der Waals surface area contributed by atoms with Crippen LogP contribution >= 0.6 is 45.3 Å². The Morgan fingerprint density at radius 1 is 1.07 bits per heavy atom. The zero-order valence-electron chi connectivity index (χ0n) is 31.2. The first kappa shape index (κ1) is 50.6. The fraction of sp³-hybridized carbons (Fsp3) is 0.692. The fourth-order valence-electron chi connectivity index (χ4n) is 4.72. The molecule has 1 aliphatic heterocycles. The summed E-state index contributed by atoms with van der Waals surface area (Å²) in [6.07, 6.45) is -7.04. The van der Waals surface area contributed by atoms with E-state index in [9.17, 15) is 61.6 Å². The predicted molar refractivity (Wildman–Crippen MR) is 206 cm³/mol. The molecule has 3 rings (SSSR count). The number of thioether (sulfide) groups is 1. The van der Waals surface area contributed by atoms with Gasteiger partial charge in [-0.1, -0.05) is 13.8 Å². The molecule has 0 saturated carbocycles. The Labute approximate surface area is 340 Å². The van der Waals surface area contributed by atoms with Gasteiger partial charge in [0.05, 0.1) is 19.5 Å². The number of hydrogen-bond donors (Lipinski definition) is 10. The molecule has 32 heteroatoms. The van der Waals surface area contributed by atoms with Crippen LogP contribution in [0.25, 0.3) is 11.2 Å². The average Bonchev–Trinajstić information content (AvgIpc) is 3.66. The van der Waals surface area contributed by atoms with E-state index < -0.39 is 103 Å². The normalized spacial score (nSPS) is 22.2. The molecule has 1 saturated heterocycles. The summed E-state index contributed by atoms with van der Waals surface area (Å²) < 4.78 is 73.9. The van der Waals surface area contributed by atoms with Crippen molar-refractivity contribution in [3.63, 3.8) is 0 Å². The number of hydrogen-bond acceptors (Lipinski definition) is 21. The Morgan fingerprint density at radius 2 is 1.72 bits per heavy atom. The quantitative estimate of drug-likeness (QED) is 0.0357. The summed E-state index contributed by atoms with van der Waals surface area (Å²) in [5.41, 5.74) is 13.3. The number of carbonyl (C=O) groups is 3. The molecule has 0 spiro atoms. The van der Waals surface area contributed by atoms with E-state index in [1.165, 1.54) is 23.9 Å². The van der Waals surface area contributed by atoms with Crippen molar-refractivity contribution in [3.8, 4) is 0 Å². The number of fused-ring (bicyclic) bond motifs is 1. The Balaban J connectivity index is 1.46. The molecule has 0 aliphatic carbocycles. The van der Waals surface area contributed by atoms with Gasteiger partial charge in [-0.25, -0.2) is 28.6 Å². The number of carbonyl (C=O) groups excluding carboxylic acids is 3. The van der Waals surface area contributed by atoms with Crippen molar-refractivity contribution in [1.82, 2.24) is 30.2 Å².